The van der Waals surface area contributed by atoms with Gasteiger partial charge in [-0.1, -0.05) is 36.4 Å². The molecule has 4 bridgehead atoms. The third kappa shape index (κ3) is 13.9. The van der Waals surface area contributed by atoms with Crippen LogP contribution in [0.3, 0.4) is 0 Å². The Balaban J connectivity index is 0.000000175. The molecule has 2 aliphatic carbocycles. The van der Waals surface area contributed by atoms with Crippen molar-refractivity contribution in [1.82, 2.24) is 69.1 Å². The number of benzene rings is 2. The fraction of sp³-hybridized carbons (Fsp3) is 0.425. The normalized spacial score (nSPS) is 22.9. The molecule has 4 fully saturated rings. The van der Waals surface area contributed by atoms with Crippen LogP contribution < -0.4 is 10.6 Å². The molecule has 6 aliphatic rings. The summed E-state index contributed by atoms with van der Waals surface area (Å²) >= 11 is 6.92. The average molecular weight is 1440 g/mol. The van der Waals surface area contributed by atoms with Crippen LogP contribution >= 0.6 is 31.9 Å². The third-order valence-electron chi connectivity index (χ3n) is 20.2. The highest BCUT2D eigenvalue weighted by atomic mass is 79.9. The number of hydrogen-bond acceptors (Lipinski definition) is 16. The Morgan fingerprint density at radius 2 is 0.948 bits per heavy atom. The Hall–Kier alpha value is -8.58. The van der Waals surface area contributed by atoms with Gasteiger partial charge in [0, 0.05) is 96.5 Å². The lowest BCUT2D eigenvalue weighted by molar-refractivity contribution is -0.138. The van der Waals surface area contributed by atoms with Crippen molar-refractivity contribution in [2.75, 3.05) is 50.9 Å². The van der Waals surface area contributed by atoms with Gasteiger partial charge in [-0.3, -0.25) is 38.1 Å². The fourth-order valence-electron chi connectivity index (χ4n) is 15.4. The second-order valence-electron chi connectivity index (χ2n) is 27.5. The van der Waals surface area contributed by atoms with Crippen molar-refractivity contribution in [3.63, 3.8) is 0 Å². The lowest BCUT2D eigenvalue weighted by Crippen LogP contribution is -2.47. The van der Waals surface area contributed by atoms with Crippen LogP contribution in [0.1, 0.15) is 127 Å². The SMILES string of the molecule is CC(=O)c1nn(CC(=O)N2[C@H]3C[C@]4(C[C@@H]24)CN(C)CCCC=CCc2ccc(Br)nc2NC3=O)c2c(C)cc(-c3cnc(C)nc3)cc12.CC(=O)c1nn(CC(=O)N2[C@H]3C[C@]4(C[C@@H]24)CN(C)CCCCC=CCc2ccc(Br)nc2NC3=O)c2c(C)cc(-c3cnc(C)nc3)cc12. The highest BCUT2D eigenvalue weighted by Crippen LogP contribution is 2.61. The number of nitrogens with zero attached hydrogens (tertiary/aromatic N) is 14. The maximum Gasteiger partial charge on any atom is 0.248 e. The van der Waals surface area contributed by atoms with Gasteiger partial charge < -0.3 is 30.2 Å². The monoisotopic (exact) mass is 1430 g/mol. The number of fused-ring (bicyclic) bond motifs is 6. The standard InChI is InChI=1S/C37H41BrN8O3.C36H39BrN8O3/c1-22-14-26(27-18-39-24(3)40-19-27)15-28-33(23(2)47)43-45(34(22)28)20-32(48)46-29-16-37(17-30(37)46)21-44(4)13-9-7-5-6-8-10-25-11-12-31(38)41-35(25)42-36(29)49;1-21-13-25(26-17-38-23(3)39-18-26)14-27-32(22(2)46)42-44(33(21)27)19-31(47)45-28-15-36(16-29(36)45)20-43(4)12-8-6-5-7-9-24-10-11-30(37)40-34(24)41-35(28)48/h6,8,11-12,14-15,18-19,29-30H,5,7,9-10,13,16-17,20-21H2,1-4H3,(H,41,42,49);5,7,10-11,13-14,17-18,28-29H,6,8-9,12,15-16,19-20H2,1-4H3,(H,40,41,48)/t29-,30+,37-;28-,29+,36-/m00/s1. The van der Waals surface area contributed by atoms with Gasteiger partial charge in [0.05, 0.1) is 11.0 Å². The first-order valence-corrected chi connectivity index (χ1v) is 35.0. The number of aryl methyl sites for hydroxylation is 4. The molecule has 2 N–H and O–H groups in total. The molecule has 2 spiro atoms. The number of carbonyl (C=O) groups is 6. The zero-order valence-electron chi connectivity index (χ0n) is 56.0. The van der Waals surface area contributed by atoms with Gasteiger partial charge in [-0.2, -0.15) is 10.2 Å². The number of Topliss-reactive ketones (excluding diaryl/α,β-unsaturated/α-hetero) is 2. The topological polar surface area (TPSA) is 252 Å². The van der Waals surface area contributed by atoms with Gasteiger partial charge in [0.15, 0.2) is 11.6 Å². The van der Waals surface area contributed by atoms with E-state index in [1.807, 2.05) is 76.2 Å². The summed E-state index contributed by atoms with van der Waals surface area (Å²) in [6.45, 7) is 13.9. The molecule has 6 atom stereocenters. The Kier molecular flexibility index (Phi) is 18.9. The van der Waals surface area contributed by atoms with Crippen molar-refractivity contribution in [2.24, 2.45) is 10.8 Å². The van der Waals surface area contributed by atoms with Crippen LogP contribution in [0.2, 0.25) is 0 Å². The number of likely N-dealkylation sites (tertiary alicyclic amines) is 2. The molecule has 14 rings (SSSR count). The number of rotatable bonds is 8. The average Bonchev–Trinajstić information content (AvgIpc) is 1.54. The van der Waals surface area contributed by atoms with Crippen molar-refractivity contribution >= 4 is 100 Å². The predicted molar refractivity (Wildman–Crippen MR) is 378 cm³/mol. The molecule has 8 aromatic rings. The van der Waals surface area contributed by atoms with Gasteiger partial charge in [0.2, 0.25) is 23.6 Å². The lowest BCUT2D eigenvalue weighted by atomic mass is 9.98. The molecule has 2 saturated heterocycles. The minimum absolute atomic E-state index is 0.0470. The van der Waals surface area contributed by atoms with E-state index in [1.165, 1.54) is 13.8 Å². The van der Waals surface area contributed by atoms with Crippen LogP contribution in [-0.2, 0) is 45.1 Å². The van der Waals surface area contributed by atoms with Gasteiger partial charge in [-0.25, -0.2) is 29.9 Å². The predicted octanol–water partition coefficient (Wildman–Crippen LogP) is 11.0. The number of amides is 4. The van der Waals surface area contributed by atoms with E-state index >= 15 is 0 Å². The minimum atomic E-state index is -0.653. The summed E-state index contributed by atoms with van der Waals surface area (Å²) in [5, 5.41) is 16.9. The second kappa shape index (κ2) is 27.4. The number of ketones is 2. The molecule has 4 amide bonds. The van der Waals surface area contributed by atoms with Crippen LogP contribution in [-0.4, -0.2) is 169 Å². The van der Waals surface area contributed by atoms with Gasteiger partial charge >= 0.3 is 0 Å². The number of piperidine rings is 2. The van der Waals surface area contributed by atoms with E-state index in [0.29, 0.717) is 80.3 Å². The van der Waals surface area contributed by atoms with E-state index in [0.717, 1.165) is 127 Å². The molecule has 4 aliphatic heterocycles. The van der Waals surface area contributed by atoms with E-state index < -0.39 is 12.1 Å². The molecule has 97 heavy (non-hydrogen) atoms. The Morgan fingerprint density at radius 3 is 1.37 bits per heavy atom. The summed E-state index contributed by atoms with van der Waals surface area (Å²) in [4.78, 5) is 118. The van der Waals surface area contributed by atoms with Crippen LogP contribution in [0.5, 0.6) is 0 Å². The summed E-state index contributed by atoms with van der Waals surface area (Å²) in [5.41, 5.74) is 8.73. The number of nitrogens with one attached hydrogen (secondary N) is 2. The summed E-state index contributed by atoms with van der Waals surface area (Å²) in [7, 11) is 4.26. The molecular formula is C73H80Br2N16O6. The Bertz CT molecular complexity index is 4530. The molecule has 24 heteroatoms. The summed E-state index contributed by atoms with van der Waals surface area (Å²) in [6.07, 6.45) is 25.1. The number of allylic oxidation sites excluding steroid dienone is 4. The quantitative estimate of drug-likeness (QED) is 0.0815. The molecule has 6 aromatic heterocycles. The molecular weight excluding hydrogens is 1360 g/mol. The first kappa shape index (κ1) is 67.0. The van der Waals surface area contributed by atoms with Gasteiger partial charge in [-0.05, 0) is 227 Å². The summed E-state index contributed by atoms with van der Waals surface area (Å²) in [6, 6.07) is 14.1. The molecule has 0 unspecified atom stereocenters. The van der Waals surface area contributed by atoms with Crippen molar-refractivity contribution < 1.29 is 28.8 Å². The van der Waals surface area contributed by atoms with Crippen LogP contribution in [0.15, 0.2) is 107 Å². The van der Waals surface area contributed by atoms with Crippen LogP contribution in [0.25, 0.3) is 44.1 Å². The van der Waals surface area contributed by atoms with Gasteiger partial charge in [-0.15, -0.1) is 0 Å². The van der Waals surface area contributed by atoms with Crippen molar-refractivity contribution in [3.05, 3.63) is 152 Å². The first-order chi connectivity index (χ1) is 46.5. The number of anilines is 2. The van der Waals surface area contributed by atoms with E-state index in [4.69, 9.17) is 5.10 Å². The molecule has 10 heterocycles. The zero-order chi connectivity index (χ0) is 68.2. The van der Waals surface area contributed by atoms with E-state index in [2.05, 4.69) is 126 Å². The van der Waals surface area contributed by atoms with Gasteiger partial charge in [0.1, 0.15) is 69.1 Å². The Labute approximate surface area is 580 Å². The number of hydrogen-bond donors (Lipinski definition) is 2. The molecule has 0 radical (unpaired) electrons. The zero-order valence-corrected chi connectivity index (χ0v) is 59.2. The largest absolute Gasteiger partial charge is 0.325 e. The van der Waals surface area contributed by atoms with E-state index in [1.54, 1.807) is 44.0 Å². The lowest BCUT2D eigenvalue weighted by Gasteiger charge is -2.27. The fourth-order valence-corrected chi connectivity index (χ4v) is 16.0. The molecule has 502 valence electrons. The smallest absolute Gasteiger partial charge is 0.248 e. The number of aromatic nitrogens is 10. The molecule has 2 aromatic carbocycles. The van der Waals surface area contributed by atoms with Crippen LogP contribution in [0, 0.1) is 38.5 Å². The number of pyridine rings is 2. The number of halogens is 2. The third-order valence-corrected chi connectivity index (χ3v) is 21.1. The molecule has 2 saturated carbocycles. The van der Waals surface area contributed by atoms with Crippen molar-refractivity contribution in [1.29, 1.82) is 0 Å². The summed E-state index contributed by atoms with van der Waals surface area (Å²) in [5.74, 6) is 1.12. The van der Waals surface area contributed by atoms with Crippen molar-refractivity contribution in [3.8, 4) is 22.3 Å². The highest BCUT2D eigenvalue weighted by molar-refractivity contribution is 9.10. The highest BCUT2D eigenvalue weighted by Gasteiger charge is 2.68. The number of carbonyl (C=O) groups excluding carboxylic acids is 6. The van der Waals surface area contributed by atoms with Gasteiger partial charge in [0.25, 0.3) is 0 Å². The second-order valence-corrected chi connectivity index (χ2v) is 29.1. The first-order valence-electron chi connectivity index (χ1n) is 33.4. The van der Waals surface area contributed by atoms with Crippen LogP contribution in [0.4, 0.5) is 11.6 Å². The maximum absolute atomic E-state index is 14.4. The van der Waals surface area contributed by atoms with E-state index in [-0.39, 0.29) is 71.2 Å². The maximum atomic E-state index is 14.4. The molecule has 22 nitrogen and oxygen atoms in total. The minimum Gasteiger partial charge on any atom is -0.325 e. The van der Waals surface area contributed by atoms with Crippen molar-refractivity contribution in [2.45, 2.75) is 149 Å². The van der Waals surface area contributed by atoms with E-state index in [9.17, 15) is 28.8 Å². The Morgan fingerprint density at radius 1 is 0.536 bits per heavy atom. The summed E-state index contributed by atoms with van der Waals surface area (Å²) < 4.78 is 4.53.